The van der Waals surface area contributed by atoms with Crippen LogP contribution in [0, 0.1) is 6.92 Å². The van der Waals surface area contributed by atoms with Gasteiger partial charge in [-0.3, -0.25) is 4.90 Å². The molecule has 1 aromatic rings. The number of rotatable bonds is 1. The summed E-state index contributed by atoms with van der Waals surface area (Å²) in [5.74, 6) is 0. The van der Waals surface area contributed by atoms with Crippen LogP contribution in [-0.2, 0) is 12.8 Å². The number of aryl methyl sites for hydroxylation is 1. The maximum absolute atomic E-state index is 9.58. The van der Waals surface area contributed by atoms with E-state index in [4.69, 9.17) is 0 Å². The van der Waals surface area contributed by atoms with Crippen molar-refractivity contribution in [3.8, 4) is 0 Å². The molecule has 2 unspecified atom stereocenters. The quantitative estimate of drug-likeness (QED) is 0.771. The topological polar surface area (TPSA) is 23.5 Å². The van der Waals surface area contributed by atoms with Crippen LogP contribution in [0.4, 0.5) is 0 Å². The summed E-state index contributed by atoms with van der Waals surface area (Å²) in [5.41, 5.74) is 4.39. The Morgan fingerprint density at radius 1 is 1.25 bits per heavy atom. The van der Waals surface area contributed by atoms with Gasteiger partial charge in [-0.25, -0.2) is 0 Å². The zero-order valence-electron chi connectivity index (χ0n) is 9.82. The minimum atomic E-state index is -0.0922. The number of likely N-dealkylation sites (tertiary alicyclic amines) is 1. The lowest BCUT2D eigenvalue weighted by atomic mass is 10.1. The van der Waals surface area contributed by atoms with Crippen molar-refractivity contribution < 1.29 is 5.11 Å². The van der Waals surface area contributed by atoms with E-state index in [1.807, 2.05) is 0 Å². The lowest BCUT2D eigenvalue weighted by Gasteiger charge is -2.22. The fourth-order valence-corrected chi connectivity index (χ4v) is 3.08. The van der Waals surface area contributed by atoms with E-state index in [0.717, 1.165) is 19.5 Å². The molecule has 1 fully saturated rings. The molecule has 0 radical (unpaired) electrons. The van der Waals surface area contributed by atoms with Crippen LogP contribution in [-0.4, -0.2) is 35.2 Å². The van der Waals surface area contributed by atoms with Crippen LogP contribution >= 0.6 is 0 Å². The summed E-state index contributed by atoms with van der Waals surface area (Å²) in [7, 11) is 0. The second kappa shape index (κ2) is 3.86. The molecule has 1 aliphatic carbocycles. The van der Waals surface area contributed by atoms with Gasteiger partial charge in [-0.2, -0.15) is 0 Å². The van der Waals surface area contributed by atoms with Gasteiger partial charge in [0.2, 0.25) is 0 Å². The fourth-order valence-electron chi connectivity index (χ4n) is 3.08. The molecule has 1 saturated heterocycles. The molecular formula is C14H19NO. The number of nitrogens with zero attached hydrogens (tertiary/aromatic N) is 1. The molecule has 0 spiro atoms. The summed E-state index contributed by atoms with van der Waals surface area (Å²) < 4.78 is 0. The van der Waals surface area contributed by atoms with Gasteiger partial charge in [-0.1, -0.05) is 23.8 Å². The van der Waals surface area contributed by atoms with Gasteiger partial charge in [0.15, 0.2) is 0 Å². The predicted molar refractivity (Wildman–Crippen MR) is 64.6 cm³/mol. The lowest BCUT2D eigenvalue weighted by Crippen LogP contribution is -2.34. The van der Waals surface area contributed by atoms with Crippen molar-refractivity contribution in [2.24, 2.45) is 0 Å². The number of fused-ring (bicyclic) bond motifs is 1. The van der Waals surface area contributed by atoms with Crippen molar-refractivity contribution in [2.45, 2.75) is 38.3 Å². The standard InChI is InChI=1S/C14H19NO/c1-10-2-3-11-7-13(8-12(11)6-10)15-5-4-14(16)9-15/h2-3,6,13-14,16H,4-5,7-9H2,1H3. The first-order valence-electron chi connectivity index (χ1n) is 6.23. The third-order valence-corrected chi connectivity index (χ3v) is 3.98. The fraction of sp³-hybridized carbons (Fsp3) is 0.571. The van der Waals surface area contributed by atoms with Gasteiger partial charge in [0, 0.05) is 19.1 Å². The lowest BCUT2D eigenvalue weighted by molar-refractivity contribution is 0.160. The first-order valence-corrected chi connectivity index (χ1v) is 6.23. The van der Waals surface area contributed by atoms with Crippen LogP contribution in [0.5, 0.6) is 0 Å². The zero-order chi connectivity index (χ0) is 11.1. The van der Waals surface area contributed by atoms with Crippen molar-refractivity contribution in [3.05, 3.63) is 34.9 Å². The summed E-state index contributed by atoms with van der Waals surface area (Å²) in [4.78, 5) is 2.46. The number of benzene rings is 1. The molecular weight excluding hydrogens is 198 g/mol. The van der Waals surface area contributed by atoms with E-state index in [1.165, 1.54) is 29.5 Å². The van der Waals surface area contributed by atoms with Gasteiger partial charge in [-0.05, 0) is 37.3 Å². The molecule has 1 aliphatic heterocycles. The maximum Gasteiger partial charge on any atom is 0.0679 e. The van der Waals surface area contributed by atoms with E-state index in [2.05, 4.69) is 30.0 Å². The summed E-state index contributed by atoms with van der Waals surface area (Å²) >= 11 is 0. The second-order valence-corrected chi connectivity index (χ2v) is 5.27. The maximum atomic E-state index is 9.58. The van der Waals surface area contributed by atoms with Crippen LogP contribution in [0.3, 0.4) is 0 Å². The number of β-amino-alcohol motifs (C(OH)–C–C–N with tert-alkyl or cyclic N) is 1. The van der Waals surface area contributed by atoms with Gasteiger partial charge in [0.05, 0.1) is 6.10 Å². The summed E-state index contributed by atoms with van der Waals surface area (Å²) in [6.45, 7) is 4.10. The minimum absolute atomic E-state index is 0.0922. The third-order valence-electron chi connectivity index (χ3n) is 3.98. The van der Waals surface area contributed by atoms with E-state index in [-0.39, 0.29) is 6.10 Å². The second-order valence-electron chi connectivity index (χ2n) is 5.27. The van der Waals surface area contributed by atoms with Crippen LogP contribution in [0.15, 0.2) is 18.2 Å². The van der Waals surface area contributed by atoms with E-state index in [1.54, 1.807) is 0 Å². The Balaban J connectivity index is 1.75. The number of hydrogen-bond acceptors (Lipinski definition) is 2. The molecule has 1 heterocycles. The Kier molecular flexibility index (Phi) is 2.49. The Labute approximate surface area is 96.9 Å². The van der Waals surface area contributed by atoms with E-state index >= 15 is 0 Å². The molecule has 0 amide bonds. The van der Waals surface area contributed by atoms with Gasteiger partial charge < -0.3 is 5.11 Å². The first kappa shape index (κ1) is 10.3. The minimum Gasteiger partial charge on any atom is -0.392 e. The Morgan fingerprint density at radius 3 is 2.81 bits per heavy atom. The average molecular weight is 217 g/mol. The molecule has 2 nitrogen and oxygen atoms in total. The van der Waals surface area contributed by atoms with Gasteiger partial charge in [-0.15, -0.1) is 0 Å². The highest BCUT2D eigenvalue weighted by molar-refractivity contribution is 5.36. The summed E-state index contributed by atoms with van der Waals surface area (Å²) in [6.07, 6.45) is 3.20. The normalized spacial score (nSPS) is 29.6. The van der Waals surface area contributed by atoms with E-state index < -0.39 is 0 Å². The molecule has 16 heavy (non-hydrogen) atoms. The predicted octanol–water partition coefficient (Wildman–Crippen LogP) is 1.53. The highest BCUT2D eigenvalue weighted by atomic mass is 16.3. The summed E-state index contributed by atoms with van der Waals surface area (Å²) in [6, 6.07) is 7.44. The van der Waals surface area contributed by atoms with Crippen molar-refractivity contribution in [3.63, 3.8) is 0 Å². The Morgan fingerprint density at radius 2 is 2.06 bits per heavy atom. The van der Waals surface area contributed by atoms with Crippen LogP contribution in [0.2, 0.25) is 0 Å². The van der Waals surface area contributed by atoms with Gasteiger partial charge in [0.1, 0.15) is 0 Å². The summed E-state index contributed by atoms with van der Waals surface area (Å²) in [5, 5.41) is 9.58. The highest BCUT2D eigenvalue weighted by Gasteiger charge is 2.31. The van der Waals surface area contributed by atoms with Crippen LogP contribution < -0.4 is 0 Å². The SMILES string of the molecule is Cc1ccc2c(c1)CC(N1CCC(O)C1)C2. The molecule has 1 N–H and O–H groups in total. The third kappa shape index (κ3) is 1.76. The smallest absolute Gasteiger partial charge is 0.0679 e. The average Bonchev–Trinajstić information content (AvgIpc) is 2.83. The van der Waals surface area contributed by atoms with Crippen molar-refractivity contribution >= 4 is 0 Å². The monoisotopic (exact) mass is 217 g/mol. The van der Waals surface area contributed by atoms with Crippen LogP contribution in [0.1, 0.15) is 23.1 Å². The highest BCUT2D eigenvalue weighted by Crippen LogP contribution is 2.28. The molecule has 1 aromatic carbocycles. The molecule has 2 heteroatoms. The zero-order valence-corrected chi connectivity index (χ0v) is 9.82. The number of aliphatic hydroxyl groups excluding tert-OH is 1. The van der Waals surface area contributed by atoms with E-state index in [9.17, 15) is 5.11 Å². The number of aliphatic hydroxyl groups is 1. The molecule has 0 aromatic heterocycles. The molecule has 0 saturated carbocycles. The first-order chi connectivity index (χ1) is 7.72. The van der Waals surface area contributed by atoms with Crippen LogP contribution in [0.25, 0.3) is 0 Å². The van der Waals surface area contributed by atoms with Crippen molar-refractivity contribution in [2.75, 3.05) is 13.1 Å². The molecule has 2 atom stereocenters. The Bertz CT molecular complexity index is 402. The molecule has 86 valence electrons. The Hall–Kier alpha value is -0.860. The van der Waals surface area contributed by atoms with Crippen molar-refractivity contribution in [1.82, 2.24) is 4.90 Å². The van der Waals surface area contributed by atoms with E-state index in [0.29, 0.717) is 6.04 Å². The largest absolute Gasteiger partial charge is 0.392 e. The molecule has 0 bridgehead atoms. The molecule has 3 rings (SSSR count). The number of hydrogen-bond donors (Lipinski definition) is 1. The van der Waals surface area contributed by atoms with Gasteiger partial charge >= 0.3 is 0 Å². The molecule has 2 aliphatic rings. The van der Waals surface area contributed by atoms with Crippen molar-refractivity contribution in [1.29, 1.82) is 0 Å². The van der Waals surface area contributed by atoms with Gasteiger partial charge in [0.25, 0.3) is 0 Å².